The van der Waals surface area contributed by atoms with Crippen LogP contribution in [-0.2, 0) is 0 Å². The largest absolute Gasteiger partial charge is 0.359 e. The van der Waals surface area contributed by atoms with Gasteiger partial charge in [0.25, 0.3) is 0 Å². The van der Waals surface area contributed by atoms with Crippen molar-refractivity contribution in [2.24, 2.45) is 4.99 Å². The van der Waals surface area contributed by atoms with Crippen LogP contribution in [0.1, 0.15) is 22.7 Å². The van der Waals surface area contributed by atoms with Crippen LogP contribution in [0.5, 0.6) is 0 Å². The minimum absolute atomic E-state index is 0.0911. The van der Waals surface area contributed by atoms with Crippen molar-refractivity contribution >= 4 is 33.1 Å². The van der Waals surface area contributed by atoms with E-state index in [-0.39, 0.29) is 6.04 Å². The molecule has 7 aromatic carbocycles. The van der Waals surface area contributed by atoms with Crippen LogP contribution >= 0.6 is 0 Å². The van der Waals surface area contributed by atoms with Gasteiger partial charge in [-0.05, 0) is 90.3 Å². The summed E-state index contributed by atoms with van der Waals surface area (Å²) in [7, 11) is 0. The molecule has 3 nitrogen and oxygen atoms in total. The van der Waals surface area contributed by atoms with Crippen LogP contribution < -0.4 is 5.32 Å². The molecule has 0 fully saturated rings. The maximum atomic E-state index is 5.27. The quantitative estimate of drug-likeness (QED) is 0.197. The summed E-state index contributed by atoms with van der Waals surface area (Å²) in [5, 5.41) is 8.78. The fraction of sp³-hybridized carbons (Fsp3) is 0.0213. The minimum atomic E-state index is -0.0911. The van der Waals surface area contributed by atoms with Crippen LogP contribution in [0.25, 0.3) is 60.6 Å². The molecule has 50 heavy (non-hydrogen) atoms. The molecule has 1 atom stereocenters. The van der Waals surface area contributed by atoms with Gasteiger partial charge in [-0.3, -0.25) is 4.98 Å². The molecule has 1 N–H and O–H groups in total. The number of aromatic nitrogens is 1. The summed E-state index contributed by atoms with van der Waals surface area (Å²) in [5.41, 5.74) is 11.2. The van der Waals surface area contributed by atoms with E-state index in [1.807, 2.05) is 12.3 Å². The SMILES string of the molecule is C1=C(c2ccc(-c3cccnc3)cc2)N=C(c2cccc(-c3cccc4ccccc34)c2)NC1c1cccc(-c2cccc3ccccc23)c1. The lowest BCUT2D eigenvalue weighted by atomic mass is 9.93. The van der Waals surface area contributed by atoms with Crippen LogP contribution in [0.3, 0.4) is 0 Å². The summed E-state index contributed by atoms with van der Waals surface area (Å²) >= 11 is 0. The molecule has 8 aromatic rings. The van der Waals surface area contributed by atoms with Gasteiger partial charge in [-0.2, -0.15) is 0 Å². The fourth-order valence-electron chi connectivity index (χ4n) is 7.08. The molecule has 0 aliphatic carbocycles. The third kappa shape index (κ3) is 5.65. The maximum absolute atomic E-state index is 5.27. The molecule has 236 valence electrons. The van der Waals surface area contributed by atoms with Crippen molar-refractivity contribution in [3.8, 4) is 33.4 Å². The van der Waals surface area contributed by atoms with Crippen molar-refractivity contribution in [3.05, 3.63) is 205 Å². The first-order chi connectivity index (χ1) is 24.8. The van der Waals surface area contributed by atoms with Crippen LogP contribution in [0.4, 0.5) is 0 Å². The lowest BCUT2D eigenvalue weighted by molar-refractivity contribution is 0.781. The third-order valence-corrected chi connectivity index (χ3v) is 9.61. The Hall–Kier alpha value is -6.58. The van der Waals surface area contributed by atoms with E-state index in [1.54, 1.807) is 6.20 Å². The van der Waals surface area contributed by atoms with Crippen molar-refractivity contribution in [1.29, 1.82) is 0 Å². The number of nitrogens with zero attached hydrogens (tertiary/aromatic N) is 2. The zero-order valence-corrected chi connectivity index (χ0v) is 27.4. The van der Waals surface area contributed by atoms with Crippen molar-refractivity contribution in [3.63, 3.8) is 0 Å². The number of rotatable bonds is 6. The number of benzene rings is 7. The average Bonchev–Trinajstić information content (AvgIpc) is 3.21. The summed E-state index contributed by atoms with van der Waals surface area (Å²) in [6, 6.07) is 60.4. The zero-order chi connectivity index (χ0) is 33.3. The highest BCUT2D eigenvalue weighted by Gasteiger charge is 2.21. The van der Waals surface area contributed by atoms with E-state index in [0.29, 0.717) is 0 Å². The number of nitrogens with one attached hydrogen (secondary N) is 1. The summed E-state index contributed by atoms with van der Waals surface area (Å²) in [6.45, 7) is 0. The maximum Gasteiger partial charge on any atom is 0.134 e. The smallest absolute Gasteiger partial charge is 0.134 e. The Morgan fingerprint density at radius 1 is 0.440 bits per heavy atom. The Kier molecular flexibility index (Phi) is 7.56. The van der Waals surface area contributed by atoms with Gasteiger partial charge < -0.3 is 5.32 Å². The highest BCUT2D eigenvalue weighted by Crippen LogP contribution is 2.35. The number of fused-ring (bicyclic) bond motifs is 2. The molecule has 2 heterocycles. The van der Waals surface area contributed by atoms with Gasteiger partial charge in [0.05, 0.1) is 11.7 Å². The predicted molar refractivity (Wildman–Crippen MR) is 209 cm³/mol. The number of aliphatic imine (C=N–C) groups is 1. The normalized spacial score (nSPS) is 14.2. The molecule has 0 bridgehead atoms. The predicted octanol–water partition coefficient (Wildman–Crippen LogP) is 11.5. The molecule has 0 amide bonds. The van der Waals surface area contributed by atoms with E-state index in [0.717, 1.165) is 39.3 Å². The number of hydrogen-bond acceptors (Lipinski definition) is 3. The topological polar surface area (TPSA) is 37.3 Å². The Balaban J connectivity index is 1.14. The molecule has 1 unspecified atom stereocenters. The van der Waals surface area contributed by atoms with Gasteiger partial charge in [0.1, 0.15) is 5.84 Å². The second kappa shape index (κ2) is 12.8. The molecule has 0 saturated carbocycles. The van der Waals surface area contributed by atoms with E-state index < -0.39 is 0 Å². The third-order valence-electron chi connectivity index (χ3n) is 9.61. The first-order valence-electron chi connectivity index (χ1n) is 17.0. The Morgan fingerprint density at radius 3 is 1.72 bits per heavy atom. The monoisotopic (exact) mass is 639 g/mol. The Bertz CT molecular complexity index is 2550. The molecule has 0 saturated heterocycles. The van der Waals surface area contributed by atoms with E-state index in [4.69, 9.17) is 4.99 Å². The summed E-state index contributed by atoms with van der Waals surface area (Å²) < 4.78 is 0. The molecular weight excluding hydrogens is 607 g/mol. The van der Waals surface area contributed by atoms with E-state index in [2.05, 4.69) is 180 Å². The fourth-order valence-corrected chi connectivity index (χ4v) is 7.08. The molecule has 0 radical (unpaired) electrons. The molecule has 1 aromatic heterocycles. The van der Waals surface area contributed by atoms with Crippen LogP contribution in [0, 0.1) is 0 Å². The molecular formula is C47H33N3. The summed E-state index contributed by atoms with van der Waals surface area (Å²) in [6.07, 6.45) is 5.95. The van der Waals surface area contributed by atoms with Crippen LogP contribution in [0.15, 0.2) is 193 Å². The Labute approximate surface area is 292 Å². The molecule has 1 aliphatic rings. The number of amidine groups is 1. The van der Waals surface area contributed by atoms with Gasteiger partial charge in [-0.1, -0.05) is 152 Å². The van der Waals surface area contributed by atoms with Gasteiger partial charge in [0.15, 0.2) is 0 Å². The van der Waals surface area contributed by atoms with Crippen molar-refractivity contribution in [2.45, 2.75) is 6.04 Å². The molecule has 3 heteroatoms. The van der Waals surface area contributed by atoms with Gasteiger partial charge in [0, 0.05) is 18.0 Å². The number of hydrogen-bond donors (Lipinski definition) is 1. The van der Waals surface area contributed by atoms with Crippen LogP contribution in [-0.4, -0.2) is 10.8 Å². The standard InChI is InChI=1S/C47H33N3/c1-3-19-41-33(10-1)12-7-21-43(41)36-14-5-16-38(28-36)46-30-45(35-25-23-32(24-26-35)40-18-9-27-48-31-40)49-47(50-46)39-17-6-15-37(29-39)44-22-8-13-34-11-2-4-20-42(34)44/h1-31,46H,(H,49,50). The molecule has 9 rings (SSSR count). The Morgan fingerprint density at radius 2 is 1.02 bits per heavy atom. The summed E-state index contributed by atoms with van der Waals surface area (Å²) in [4.78, 5) is 9.58. The van der Waals surface area contributed by atoms with E-state index in [1.165, 1.54) is 43.8 Å². The lowest BCUT2D eigenvalue weighted by Gasteiger charge is -2.25. The zero-order valence-electron chi connectivity index (χ0n) is 27.4. The van der Waals surface area contributed by atoms with Crippen molar-refractivity contribution in [1.82, 2.24) is 10.3 Å². The van der Waals surface area contributed by atoms with E-state index >= 15 is 0 Å². The highest BCUT2D eigenvalue weighted by atomic mass is 15.0. The highest BCUT2D eigenvalue weighted by molar-refractivity contribution is 6.05. The average molecular weight is 640 g/mol. The second-order valence-corrected chi connectivity index (χ2v) is 12.7. The molecule has 1 aliphatic heterocycles. The van der Waals surface area contributed by atoms with Gasteiger partial charge in [-0.15, -0.1) is 0 Å². The number of pyridine rings is 1. The second-order valence-electron chi connectivity index (χ2n) is 12.7. The molecule has 0 spiro atoms. The van der Waals surface area contributed by atoms with Gasteiger partial charge in [0.2, 0.25) is 0 Å². The first-order valence-corrected chi connectivity index (χ1v) is 17.0. The minimum Gasteiger partial charge on any atom is -0.359 e. The van der Waals surface area contributed by atoms with Crippen molar-refractivity contribution < 1.29 is 0 Å². The van der Waals surface area contributed by atoms with Gasteiger partial charge in [-0.25, -0.2) is 4.99 Å². The van der Waals surface area contributed by atoms with E-state index in [9.17, 15) is 0 Å². The first kappa shape index (κ1) is 29.6. The lowest BCUT2D eigenvalue weighted by Crippen LogP contribution is -2.31. The van der Waals surface area contributed by atoms with Gasteiger partial charge >= 0.3 is 0 Å². The van der Waals surface area contributed by atoms with Crippen molar-refractivity contribution in [2.75, 3.05) is 0 Å². The van der Waals surface area contributed by atoms with Crippen LogP contribution in [0.2, 0.25) is 0 Å². The summed E-state index contributed by atoms with van der Waals surface area (Å²) in [5.74, 6) is 0.849.